The van der Waals surface area contributed by atoms with Crippen molar-refractivity contribution >= 4 is 44.8 Å². The lowest BCUT2D eigenvalue weighted by Gasteiger charge is -2.31. The number of esters is 1. The fraction of sp³-hybridized carbons (Fsp3) is 0.500. The van der Waals surface area contributed by atoms with Crippen LogP contribution < -0.4 is 4.72 Å². The third-order valence-electron chi connectivity index (χ3n) is 4.60. The molecule has 0 atom stereocenters. The topological polar surface area (TPSA) is 119 Å². The number of hydrogen-bond acceptors (Lipinski definition) is 9. The van der Waals surface area contributed by atoms with E-state index in [-0.39, 0.29) is 28.1 Å². The second kappa shape index (κ2) is 8.64. The van der Waals surface area contributed by atoms with E-state index >= 15 is 0 Å². The van der Waals surface area contributed by atoms with Crippen molar-refractivity contribution in [3.63, 3.8) is 0 Å². The Morgan fingerprint density at radius 2 is 2.04 bits per heavy atom. The first-order valence-corrected chi connectivity index (χ1v) is 11.7. The molecule has 2 aromatic heterocycles. The number of piperidine rings is 1. The number of aryl methyl sites for hydroxylation is 1. The van der Waals surface area contributed by atoms with Gasteiger partial charge in [0.05, 0.1) is 12.8 Å². The van der Waals surface area contributed by atoms with E-state index in [9.17, 15) is 18.0 Å². The zero-order chi connectivity index (χ0) is 20.3. The van der Waals surface area contributed by atoms with E-state index in [0.717, 1.165) is 22.9 Å². The molecule has 152 valence electrons. The van der Waals surface area contributed by atoms with Crippen LogP contribution in [0.1, 0.15) is 37.9 Å². The standard InChI is InChI=1S/C16H20N4O5S3/c1-10-13(27-19-18-10)15(21)20-6-3-11(4-7-20)9-17-28(23,24)12-5-8-26-14(12)16(22)25-2/h5,8,11,17H,3-4,6-7,9H2,1-2H3. The fourth-order valence-corrected chi connectivity index (χ4v) is 6.04. The molecule has 0 unspecified atom stereocenters. The molecule has 1 saturated heterocycles. The highest BCUT2D eigenvalue weighted by molar-refractivity contribution is 7.89. The van der Waals surface area contributed by atoms with Crippen LogP contribution in [0.25, 0.3) is 0 Å². The number of sulfonamides is 1. The molecule has 28 heavy (non-hydrogen) atoms. The Morgan fingerprint density at radius 1 is 1.32 bits per heavy atom. The number of carbonyl (C=O) groups excluding carboxylic acids is 2. The molecule has 3 heterocycles. The molecule has 1 amide bonds. The Hall–Kier alpha value is -1.89. The molecule has 2 aromatic rings. The normalized spacial score (nSPS) is 15.6. The van der Waals surface area contributed by atoms with Crippen molar-refractivity contribution in [3.8, 4) is 0 Å². The lowest BCUT2D eigenvalue weighted by atomic mass is 9.97. The first-order valence-electron chi connectivity index (χ1n) is 8.57. The first kappa shape index (κ1) is 20.8. The van der Waals surface area contributed by atoms with E-state index in [1.807, 2.05) is 0 Å². The van der Waals surface area contributed by atoms with Crippen LogP contribution in [-0.4, -0.2) is 61.5 Å². The van der Waals surface area contributed by atoms with Crippen LogP contribution in [0.5, 0.6) is 0 Å². The molecule has 0 radical (unpaired) electrons. The van der Waals surface area contributed by atoms with E-state index in [0.29, 0.717) is 36.5 Å². The largest absolute Gasteiger partial charge is 0.465 e. The number of nitrogens with one attached hydrogen (secondary N) is 1. The third kappa shape index (κ3) is 4.40. The number of rotatable bonds is 6. The molecule has 1 aliphatic rings. The summed E-state index contributed by atoms with van der Waals surface area (Å²) in [7, 11) is -2.60. The Balaban J connectivity index is 1.55. The molecule has 0 bridgehead atoms. The van der Waals surface area contributed by atoms with Crippen molar-refractivity contribution in [2.75, 3.05) is 26.7 Å². The predicted molar refractivity (Wildman–Crippen MR) is 104 cm³/mol. The van der Waals surface area contributed by atoms with Crippen LogP contribution in [0.15, 0.2) is 16.3 Å². The Labute approximate surface area is 170 Å². The van der Waals surface area contributed by atoms with Gasteiger partial charge < -0.3 is 9.64 Å². The van der Waals surface area contributed by atoms with Crippen molar-refractivity contribution in [2.45, 2.75) is 24.7 Å². The van der Waals surface area contributed by atoms with Crippen molar-refractivity contribution in [2.24, 2.45) is 5.92 Å². The van der Waals surface area contributed by atoms with Crippen molar-refractivity contribution in [3.05, 3.63) is 26.9 Å². The zero-order valence-electron chi connectivity index (χ0n) is 15.4. The number of ether oxygens (including phenoxy) is 1. The number of hydrogen-bond donors (Lipinski definition) is 1. The molecular formula is C16H20N4O5S3. The van der Waals surface area contributed by atoms with Gasteiger partial charge in [0.25, 0.3) is 5.91 Å². The molecule has 3 rings (SSSR count). The molecule has 9 nitrogen and oxygen atoms in total. The molecule has 12 heteroatoms. The summed E-state index contributed by atoms with van der Waals surface area (Å²) in [4.78, 5) is 26.5. The number of thiophene rings is 1. The van der Waals surface area contributed by atoms with Crippen LogP contribution in [0, 0.1) is 12.8 Å². The van der Waals surface area contributed by atoms with Crippen LogP contribution in [-0.2, 0) is 14.8 Å². The Kier molecular flexibility index (Phi) is 6.43. The highest BCUT2D eigenvalue weighted by atomic mass is 32.2. The Morgan fingerprint density at radius 3 is 2.64 bits per heavy atom. The van der Waals surface area contributed by atoms with Gasteiger partial charge in [0.2, 0.25) is 10.0 Å². The predicted octanol–water partition coefficient (Wildman–Crippen LogP) is 1.53. The molecule has 1 N–H and O–H groups in total. The lowest BCUT2D eigenvalue weighted by molar-refractivity contribution is 0.0601. The molecule has 0 spiro atoms. The van der Waals surface area contributed by atoms with Gasteiger partial charge in [-0.1, -0.05) is 4.49 Å². The first-order chi connectivity index (χ1) is 13.3. The summed E-state index contributed by atoms with van der Waals surface area (Å²) in [5.74, 6) is -0.637. The Bertz CT molecular complexity index is 961. The summed E-state index contributed by atoms with van der Waals surface area (Å²) in [5.41, 5.74) is 0.627. The number of nitrogens with zero attached hydrogens (tertiary/aromatic N) is 3. The summed E-state index contributed by atoms with van der Waals surface area (Å²) >= 11 is 2.12. The van der Waals surface area contributed by atoms with Crippen LogP contribution in [0.4, 0.5) is 0 Å². The maximum atomic E-state index is 12.6. The molecular weight excluding hydrogens is 424 g/mol. The van der Waals surface area contributed by atoms with Crippen LogP contribution >= 0.6 is 22.9 Å². The number of aromatic nitrogens is 2. The van der Waals surface area contributed by atoms with E-state index in [2.05, 4.69) is 19.0 Å². The smallest absolute Gasteiger partial charge is 0.349 e. The quantitative estimate of drug-likeness (QED) is 0.671. The molecule has 0 aromatic carbocycles. The highest BCUT2D eigenvalue weighted by Crippen LogP contribution is 2.24. The van der Waals surface area contributed by atoms with E-state index in [4.69, 9.17) is 0 Å². The van der Waals surface area contributed by atoms with Crippen molar-refractivity contribution < 1.29 is 22.7 Å². The van der Waals surface area contributed by atoms with Gasteiger partial charge in [-0.3, -0.25) is 4.79 Å². The van der Waals surface area contributed by atoms with Gasteiger partial charge in [-0.05, 0) is 48.7 Å². The van der Waals surface area contributed by atoms with Crippen molar-refractivity contribution in [1.82, 2.24) is 19.2 Å². The third-order valence-corrected chi connectivity index (χ3v) is 7.90. The average Bonchev–Trinajstić information content (AvgIpc) is 3.35. The summed E-state index contributed by atoms with van der Waals surface area (Å²) in [6.45, 7) is 3.11. The summed E-state index contributed by atoms with van der Waals surface area (Å²) in [6.07, 6.45) is 1.38. The van der Waals surface area contributed by atoms with Gasteiger partial charge in [-0.25, -0.2) is 17.9 Å². The van der Waals surface area contributed by atoms with Gasteiger partial charge in [-0.15, -0.1) is 16.4 Å². The maximum absolute atomic E-state index is 12.6. The zero-order valence-corrected chi connectivity index (χ0v) is 17.8. The van der Waals surface area contributed by atoms with Gasteiger partial charge in [0.15, 0.2) is 0 Å². The van der Waals surface area contributed by atoms with E-state index < -0.39 is 16.0 Å². The van der Waals surface area contributed by atoms with Crippen LogP contribution in [0.3, 0.4) is 0 Å². The maximum Gasteiger partial charge on any atom is 0.349 e. The second-order valence-electron chi connectivity index (χ2n) is 6.38. The average molecular weight is 445 g/mol. The van der Waals surface area contributed by atoms with Crippen LogP contribution in [0.2, 0.25) is 0 Å². The van der Waals surface area contributed by atoms with E-state index in [1.54, 1.807) is 17.2 Å². The van der Waals surface area contributed by atoms with Gasteiger partial charge in [-0.2, -0.15) is 0 Å². The second-order valence-corrected chi connectivity index (χ2v) is 9.79. The summed E-state index contributed by atoms with van der Waals surface area (Å²) < 4.78 is 36.1. The minimum Gasteiger partial charge on any atom is -0.465 e. The SMILES string of the molecule is COC(=O)c1sccc1S(=O)(=O)NCC1CCN(C(=O)c2snnc2C)CC1. The summed E-state index contributed by atoms with van der Waals surface area (Å²) in [5, 5.41) is 5.41. The summed E-state index contributed by atoms with van der Waals surface area (Å²) in [6, 6.07) is 1.39. The lowest BCUT2D eigenvalue weighted by Crippen LogP contribution is -2.41. The molecule has 1 fully saturated rings. The number of carbonyl (C=O) groups is 2. The molecule has 0 aliphatic carbocycles. The minimum absolute atomic E-state index is 0.0592. The molecule has 1 aliphatic heterocycles. The highest BCUT2D eigenvalue weighted by Gasteiger charge is 2.29. The minimum atomic E-state index is -3.81. The van der Waals surface area contributed by atoms with Gasteiger partial charge >= 0.3 is 5.97 Å². The van der Waals surface area contributed by atoms with Gasteiger partial charge in [0.1, 0.15) is 14.6 Å². The van der Waals surface area contributed by atoms with E-state index in [1.165, 1.54) is 13.2 Å². The number of methoxy groups -OCH3 is 1. The molecule has 0 saturated carbocycles. The van der Waals surface area contributed by atoms with Gasteiger partial charge in [0, 0.05) is 19.6 Å². The fourth-order valence-electron chi connectivity index (χ4n) is 2.97. The number of likely N-dealkylation sites (tertiary alicyclic amines) is 1. The van der Waals surface area contributed by atoms with Crippen molar-refractivity contribution in [1.29, 1.82) is 0 Å². The number of amides is 1. The monoisotopic (exact) mass is 444 g/mol.